The zero-order valence-corrected chi connectivity index (χ0v) is 19.5. The molecule has 0 radical (unpaired) electrons. The van der Waals surface area contributed by atoms with Crippen molar-refractivity contribution in [3.05, 3.63) is 11.1 Å². The predicted octanol–water partition coefficient (Wildman–Crippen LogP) is -0.735. The van der Waals surface area contributed by atoms with Crippen LogP contribution in [-0.2, 0) is 29.1 Å². The molecule has 12 nitrogen and oxygen atoms in total. The van der Waals surface area contributed by atoms with Crippen LogP contribution in [0.4, 0.5) is 5.13 Å². The number of amides is 2. The van der Waals surface area contributed by atoms with Crippen LogP contribution in [-0.4, -0.2) is 86.7 Å². The van der Waals surface area contributed by atoms with E-state index in [2.05, 4.69) is 15.5 Å². The highest BCUT2D eigenvalue weighted by Crippen LogP contribution is 2.50. The molecule has 4 rings (SSSR count). The second-order valence-corrected chi connectivity index (χ2v) is 13.1. The molecular formula is C17H21N5O7S3. The SMILES string of the molecule is CC1(C)S[C@@H]2[C@@H](NC(=O)C(=NOC3CCS(=O)(=O)C3)c3csc(N)n3)C(=O)N2[C@H]1C(=O)O. The van der Waals surface area contributed by atoms with Crippen molar-refractivity contribution in [2.75, 3.05) is 17.2 Å². The summed E-state index contributed by atoms with van der Waals surface area (Å²) in [5.41, 5.74) is 5.53. The molecule has 0 aliphatic carbocycles. The Morgan fingerprint density at radius 1 is 1.44 bits per heavy atom. The minimum atomic E-state index is -3.21. The maximum Gasteiger partial charge on any atom is 0.327 e. The fourth-order valence-corrected chi connectivity index (χ4v) is 7.68. The number of nitrogens with one attached hydrogen (secondary N) is 1. The van der Waals surface area contributed by atoms with E-state index in [1.807, 2.05) is 0 Å². The molecule has 15 heteroatoms. The van der Waals surface area contributed by atoms with Gasteiger partial charge < -0.3 is 25.9 Å². The summed E-state index contributed by atoms with van der Waals surface area (Å²) in [6, 6.07) is -1.94. The second kappa shape index (κ2) is 7.88. The Balaban J connectivity index is 1.52. The summed E-state index contributed by atoms with van der Waals surface area (Å²) < 4.78 is 22.5. The monoisotopic (exact) mass is 503 g/mol. The number of anilines is 1. The summed E-state index contributed by atoms with van der Waals surface area (Å²) in [7, 11) is -3.21. The fourth-order valence-electron chi connectivity index (χ4n) is 3.93. The number of carbonyl (C=O) groups is 3. The third-order valence-electron chi connectivity index (χ3n) is 5.42. The number of fused-ring (bicyclic) bond motifs is 1. The lowest BCUT2D eigenvalue weighted by Crippen LogP contribution is -2.71. The zero-order chi connectivity index (χ0) is 23.4. The number of sulfone groups is 1. The van der Waals surface area contributed by atoms with Crippen molar-refractivity contribution >= 4 is 61.6 Å². The van der Waals surface area contributed by atoms with E-state index in [0.717, 1.165) is 11.3 Å². The smallest absolute Gasteiger partial charge is 0.327 e. The number of hydrogen-bond acceptors (Lipinski definition) is 11. The predicted molar refractivity (Wildman–Crippen MR) is 117 cm³/mol. The van der Waals surface area contributed by atoms with Gasteiger partial charge in [0.2, 0.25) is 5.91 Å². The molecule has 3 fully saturated rings. The highest BCUT2D eigenvalue weighted by Gasteiger charge is 2.64. The standard InChI is InChI=1S/C17H21N5O7S3/c1-17(2)11(15(25)26)22-13(24)10(14(22)31-17)20-12(23)9(8-5-30-16(18)19-8)21-29-7-3-4-32(27,28)6-7/h5,7,10-11,14H,3-4,6H2,1-2H3,(H2,18,19)(H,20,23)(H,25,26)/t7?,10-,11-,14+/m0/s1. The van der Waals surface area contributed by atoms with Crippen LogP contribution in [0.3, 0.4) is 0 Å². The number of thiazole rings is 1. The molecule has 4 heterocycles. The average Bonchev–Trinajstić information content (AvgIpc) is 3.34. The number of aliphatic carboxylic acids is 1. The lowest BCUT2D eigenvalue weighted by atomic mass is 9.96. The van der Waals surface area contributed by atoms with Crippen molar-refractivity contribution < 1.29 is 32.7 Å². The van der Waals surface area contributed by atoms with E-state index in [-0.39, 0.29) is 34.5 Å². The fraction of sp³-hybridized carbons (Fsp3) is 0.588. The van der Waals surface area contributed by atoms with E-state index in [1.165, 1.54) is 22.0 Å². The van der Waals surface area contributed by atoms with Crippen LogP contribution in [0.1, 0.15) is 26.0 Å². The molecule has 4 N–H and O–H groups in total. The maximum atomic E-state index is 13.0. The van der Waals surface area contributed by atoms with E-state index in [0.29, 0.717) is 0 Å². The Labute approximate surface area is 191 Å². The molecule has 0 aromatic carbocycles. The first-order valence-electron chi connectivity index (χ1n) is 9.59. The van der Waals surface area contributed by atoms with Crippen molar-refractivity contribution in [1.29, 1.82) is 0 Å². The van der Waals surface area contributed by atoms with Gasteiger partial charge in [-0.1, -0.05) is 5.16 Å². The number of aromatic nitrogens is 1. The molecule has 1 aromatic heterocycles. The molecule has 0 saturated carbocycles. The van der Waals surface area contributed by atoms with Crippen molar-refractivity contribution in [3.8, 4) is 0 Å². The van der Waals surface area contributed by atoms with Gasteiger partial charge in [-0.2, -0.15) is 0 Å². The average molecular weight is 504 g/mol. The van der Waals surface area contributed by atoms with Crippen LogP contribution < -0.4 is 11.1 Å². The Hall–Kier alpha value is -2.39. The van der Waals surface area contributed by atoms with Crippen LogP contribution in [0.2, 0.25) is 0 Å². The van der Waals surface area contributed by atoms with E-state index in [4.69, 9.17) is 10.6 Å². The third kappa shape index (κ3) is 4.03. The van der Waals surface area contributed by atoms with E-state index in [1.54, 1.807) is 13.8 Å². The molecule has 3 saturated heterocycles. The van der Waals surface area contributed by atoms with Gasteiger partial charge in [-0.15, -0.1) is 23.1 Å². The molecule has 0 spiro atoms. The highest BCUT2D eigenvalue weighted by molar-refractivity contribution is 8.01. The van der Waals surface area contributed by atoms with Gasteiger partial charge in [-0.25, -0.2) is 18.2 Å². The van der Waals surface area contributed by atoms with Gasteiger partial charge in [-0.3, -0.25) is 9.59 Å². The van der Waals surface area contributed by atoms with Crippen LogP contribution in [0.5, 0.6) is 0 Å². The largest absolute Gasteiger partial charge is 0.480 e. The lowest BCUT2D eigenvalue weighted by Gasteiger charge is -2.43. The molecule has 174 valence electrons. The molecule has 3 aliphatic heterocycles. The molecule has 3 aliphatic rings. The van der Waals surface area contributed by atoms with Gasteiger partial charge in [0, 0.05) is 16.5 Å². The van der Waals surface area contributed by atoms with Crippen LogP contribution in [0.15, 0.2) is 10.5 Å². The Bertz CT molecular complexity index is 1120. The number of carboxylic acid groups (broad SMARTS) is 1. The molecule has 1 unspecified atom stereocenters. The van der Waals surface area contributed by atoms with Gasteiger partial charge in [-0.05, 0) is 13.8 Å². The van der Waals surface area contributed by atoms with Crippen molar-refractivity contribution in [2.24, 2.45) is 5.16 Å². The molecular weight excluding hydrogens is 482 g/mol. The first kappa shape index (κ1) is 22.8. The van der Waals surface area contributed by atoms with Gasteiger partial charge in [0.25, 0.3) is 5.91 Å². The number of nitrogens with zero attached hydrogens (tertiary/aromatic N) is 3. The van der Waals surface area contributed by atoms with E-state index < -0.39 is 55.9 Å². The molecule has 2 amide bonds. The quantitative estimate of drug-likeness (QED) is 0.254. The van der Waals surface area contributed by atoms with Crippen LogP contribution >= 0.6 is 23.1 Å². The number of β-lactam (4-membered cyclic amide) rings is 1. The summed E-state index contributed by atoms with van der Waals surface area (Å²) >= 11 is 2.37. The zero-order valence-electron chi connectivity index (χ0n) is 17.0. The minimum Gasteiger partial charge on any atom is -0.480 e. The molecule has 4 atom stereocenters. The molecule has 32 heavy (non-hydrogen) atoms. The Kier molecular flexibility index (Phi) is 5.61. The Morgan fingerprint density at radius 2 is 2.16 bits per heavy atom. The lowest BCUT2D eigenvalue weighted by molar-refractivity contribution is -0.160. The number of carboxylic acids is 1. The second-order valence-electron chi connectivity index (χ2n) is 8.19. The van der Waals surface area contributed by atoms with Crippen molar-refractivity contribution in [2.45, 2.75) is 48.6 Å². The van der Waals surface area contributed by atoms with Crippen molar-refractivity contribution in [3.63, 3.8) is 0 Å². The maximum absolute atomic E-state index is 13.0. The number of nitrogens with two attached hydrogens (primary N) is 1. The van der Waals surface area contributed by atoms with Gasteiger partial charge in [0.05, 0.1) is 11.5 Å². The molecule has 0 bridgehead atoms. The summed E-state index contributed by atoms with van der Waals surface area (Å²) in [6.45, 7) is 3.46. The van der Waals surface area contributed by atoms with Crippen LogP contribution in [0.25, 0.3) is 0 Å². The number of hydrogen-bond donors (Lipinski definition) is 3. The number of nitrogen functional groups attached to an aromatic ring is 1. The van der Waals surface area contributed by atoms with Crippen molar-refractivity contribution in [1.82, 2.24) is 15.2 Å². The van der Waals surface area contributed by atoms with E-state index >= 15 is 0 Å². The molecule has 1 aromatic rings. The number of thioether (sulfide) groups is 1. The van der Waals surface area contributed by atoms with Gasteiger partial charge in [0.1, 0.15) is 29.3 Å². The third-order valence-corrected chi connectivity index (χ3v) is 9.41. The highest BCUT2D eigenvalue weighted by atomic mass is 32.2. The van der Waals surface area contributed by atoms with E-state index in [9.17, 15) is 27.9 Å². The summed E-state index contributed by atoms with van der Waals surface area (Å²) in [6.07, 6.45) is -0.442. The van der Waals surface area contributed by atoms with Crippen LogP contribution in [0, 0.1) is 0 Å². The van der Waals surface area contributed by atoms with Gasteiger partial charge >= 0.3 is 5.97 Å². The van der Waals surface area contributed by atoms with Gasteiger partial charge in [0.15, 0.2) is 20.7 Å². The summed E-state index contributed by atoms with van der Waals surface area (Å²) in [5, 5.41) is 17.1. The number of carbonyl (C=O) groups excluding carboxylic acids is 2. The summed E-state index contributed by atoms with van der Waals surface area (Å²) in [4.78, 5) is 47.9. The minimum absolute atomic E-state index is 0.0236. The first-order valence-corrected chi connectivity index (χ1v) is 13.2. The Morgan fingerprint density at radius 3 is 2.72 bits per heavy atom. The first-order chi connectivity index (χ1) is 14.9. The normalized spacial score (nSPS) is 30.5. The number of oxime groups is 1. The number of rotatable bonds is 6. The topological polar surface area (TPSA) is 181 Å². The summed E-state index contributed by atoms with van der Waals surface area (Å²) in [5.74, 6) is -2.60.